The Bertz CT molecular complexity index is 1040. The Morgan fingerprint density at radius 2 is 2.04 bits per heavy atom. The summed E-state index contributed by atoms with van der Waals surface area (Å²) in [7, 11) is -3.79. The predicted octanol–water partition coefficient (Wildman–Crippen LogP) is 3.32. The number of aryl methyl sites for hydroxylation is 1. The number of benzene rings is 1. The Labute approximate surface area is 159 Å². The van der Waals surface area contributed by atoms with Crippen LogP contribution in [0.3, 0.4) is 0 Å². The summed E-state index contributed by atoms with van der Waals surface area (Å²) in [6, 6.07) is 9.77. The second-order valence-electron chi connectivity index (χ2n) is 5.72. The summed E-state index contributed by atoms with van der Waals surface area (Å²) >= 11 is 2.91. The summed E-state index contributed by atoms with van der Waals surface area (Å²) in [6.45, 7) is 3.59. The maximum atomic E-state index is 12.6. The van der Waals surface area contributed by atoms with Crippen LogP contribution in [0.1, 0.15) is 33.9 Å². The molecule has 6 nitrogen and oxygen atoms in total. The summed E-state index contributed by atoms with van der Waals surface area (Å²) in [6.07, 6.45) is 0. The van der Waals surface area contributed by atoms with E-state index in [9.17, 15) is 13.2 Å². The number of carbonyl (C=O) groups excluding carboxylic acids is 1. The van der Waals surface area contributed by atoms with Gasteiger partial charge in [0.05, 0.1) is 21.5 Å². The van der Waals surface area contributed by atoms with E-state index < -0.39 is 10.0 Å². The average Bonchev–Trinajstić information content (AvgIpc) is 3.23. The van der Waals surface area contributed by atoms with Crippen LogP contribution in [0.25, 0.3) is 9.88 Å². The van der Waals surface area contributed by atoms with Gasteiger partial charge in [0.15, 0.2) is 0 Å². The van der Waals surface area contributed by atoms with Gasteiger partial charge in [-0.3, -0.25) is 4.79 Å². The third kappa shape index (κ3) is 4.01. The van der Waals surface area contributed by atoms with E-state index in [1.165, 1.54) is 23.5 Å². The number of carbonyl (C=O) groups is 1. The fourth-order valence-electron chi connectivity index (χ4n) is 2.42. The molecule has 3 aromatic rings. The number of nitrogens with one attached hydrogen (secondary N) is 1. The molecule has 26 heavy (non-hydrogen) atoms. The van der Waals surface area contributed by atoms with Gasteiger partial charge >= 0.3 is 0 Å². The highest BCUT2D eigenvalue weighted by Crippen LogP contribution is 2.31. The largest absolute Gasteiger partial charge is 0.345 e. The molecule has 0 saturated carbocycles. The highest BCUT2D eigenvalue weighted by atomic mass is 32.2. The molecule has 2 aromatic heterocycles. The number of nitrogens with two attached hydrogens (primary N) is 1. The van der Waals surface area contributed by atoms with Crippen molar-refractivity contribution >= 4 is 38.6 Å². The molecule has 136 valence electrons. The standard InChI is InChI=1S/C17H17N3O3S3/c1-10(12-5-3-6-13(9-12)26(18,22)23)19-16(21)15-11(2)20-17(25-15)14-7-4-8-24-14/h3-10H,1-2H3,(H,19,21)(H2,18,22,23). The molecule has 3 N–H and O–H groups in total. The molecule has 3 rings (SSSR count). The summed E-state index contributed by atoms with van der Waals surface area (Å²) in [4.78, 5) is 18.7. The first-order chi connectivity index (χ1) is 12.3. The lowest BCUT2D eigenvalue weighted by molar-refractivity contribution is 0.0943. The van der Waals surface area contributed by atoms with Gasteiger partial charge in [0.2, 0.25) is 10.0 Å². The maximum Gasteiger partial charge on any atom is 0.263 e. The van der Waals surface area contributed by atoms with Gasteiger partial charge in [0, 0.05) is 0 Å². The van der Waals surface area contributed by atoms with Gasteiger partial charge in [-0.1, -0.05) is 18.2 Å². The number of primary sulfonamides is 1. The summed E-state index contributed by atoms with van der Waals surface area (Å²) in [5, 5.41) is 10.8. The minimum absolute atomic E-state index is 0.0186. The van der Waals surface area contributed by atoms with Crippen molar-refractivity contribution in [3.05, 3.63) is 57.9 Å². The van der Waals surface area contributed by atoms with Crippen LogP contribution < -0.4 is 10.5 Å². The van der Waals surface area contributed by atoms with Crippen molar-refractivity contribution in [1.82, 2.24) is 10.3 Å². The molecule has 1 unspecified atom stereocenters. The van der Waals surface area contributed by atoms with Gasteiger partial charge in [-0.2, -0.15) is 0 Å². The third-order valence-corrected chi connectivity index (χ3v) is 6.88. The van der Waals surface area contributed by atoms with Crippen molar-refractivity contribution in [3.63, 3.8) is 0 Å². The molecule has 2 heterocycles. The van der Waals surface area contributed by atoms with Crippen molar-refractivity contribution in [1.29, 1.82) is 0 Å². The number of hydrogen-bond donors (Lipinski definition) is 2. The highest BCUT2D eigenvalue weighted by Gasteiger charge is 2.19. The molecular weight excluding hydrogens is 390 g/mol. The molecule has 0 aliphatic rings. The number of rotatable bonds is 5. The van der Waals surface area contributed by atoms with E-state index in [2.05, 4.69) is 10.3 Å². The van der Waals surface area contributed by atoms with Gasteiger partial charge < -0.3 is 5.32 Å². The number of nitrogens with zero attached hydrogens (tertiary/aromatic N) is 1. The number of sulfonamides is 1. The van der Waals surface area contributed by atoms with E-state index in [0.29, 0.717) is 16.1 Å². The van der Waals surface area contributed by atoms with Gasteiger partial charge in [-0.15, -0.1) is 22.7 Å². The third-order valence-electron chi connectivity index (χ3n) is 3.77. The minimum Gasteiger partial charge on any atom is -0.345 e. The molecule has 0 bridgehead atoms. The van der Waals surface area contributed by atoms with E-state index in [1.807, 2.05) is 17.5 Å². The molecule has 0 spiro atoms. The van der Waals surface area contributed by atoms with E-state index in [-0.39, 0.29) is 16.8 Å². The Morgan fingerprint density at radius 3 is 2.69 bits per heavy atom. The number of aromatic nitrogens is 1. The molecule has 0 aliphatic heterocycles. The predicted molar refractivity (Wildman–Crippen MR) is 104 cm³/mol. The number of thiazole rings is 1. The fourth-order valence-corrected chi connectivity index (χ4v) is 4.75. The molecule has 0 saturated heterocycles. The summed E-state index contributed by atoms with van der Waals surface area (Å²) in [5.74, 6) is -0.240. The first-order valence-electron chi connectivity index (χ1n) is 7.70. The minimum atomic E-state index is -3.79. The Hall–Kier alpha value is -2.07. The fraction of sp³-hybridized carbons (Fsp3) is 0.176. The van der Waals surface area contributed by atoms with Crippen molar-refractivity contribution in [3.8, 4) is 9.88 Å². The molecule has 0 radical (unpaired) electrons. The molecular formula is C17H17N3O3S3. The smallest absolute Gasteiger partial charge is 0.263 e. The van der Waals surface area contributed by atoms with E-state index in [0.717, 1.165) is 9.88 Å². The molecule has 1 atom stereocenters. The Kier molecular flexibility index (Phi) is 5.24. The van der Waals surface area contributed by atoms with Crippen LogP contribution in [0.4, 0.5) is 0 Å². The van der Waals surface area contributed by atoms with Crippen molar-refractivity contribution in [2.75, 3.05) is 0 Å². The SMILES string of the molecule is Cc1nc(-c2cccs2)sc1C(=O)NC(C)c1cccc(S(N)(=O)=O)c1. The zero-order chi connectivity index (χ0) is 18.9. The zero-order valence-corrected chi connectivity index (χ0v) is 16.5. The topological polar surface area (TPSA) is 102 Å². The Balaban J connectivity index is 1.80. The molecule has 9 heteroatoms. The van der Waals surface area contributed by atoms with Crippen molar-refractivity contribution in [2.24, 2.45) is 5.14 Å². The molecule has 0 aliphatic carbocycles. The lowest BCUT2D eigenvalue weighted by atomic mass is 10.1. The zero-order valence-electron chi connectivity index (χ0n) is 14.1. The molecule has 1 aromatic carbocycles. The average molecular weight is 408 g/mol. The number of hydrogen-bond acceptors (Lipinski definition) is 6. The van der Waals surface area contributed by atoms with Gasteiger partial charge in [0.25, 0.3) is 5.91 Å². The summed E-state index contributed by atoms with van der Waals surface area (Å²) < 4.78 is 23.0. The first kappa shape index (κ1) is 18.7. The quantitative estimate of drug-likeness (QED) is 0.677. The maximum absolute atomic E-state index is 12.6. The van der Waals surface area contributed by atoms with E-state index in [1.54, 1.807) is 37.3 Å². The van der Waals surface area contributed by atoms with Gasteiger partial charge in [-0.25, -0.2) is 18.5 Å². The first-order valence-corrected chi connectivity index (χ1v) is 10.9. The Morgan fingerprint density at radius 1 is 1.27 bits per heavy atom. The summed E-state index contributed by atoms with van der Waals surface area (Å²) in [5.41, 5.74) is 1.33. The van der Waals surface area contributed by atoms with E-state index >= 15 is 0 Å². The van der Waals surface area contributed by atoms with Gasteiger partial charge in [0.1, 0.15) is 9.88 Å². The number of thiophene rings is 1. The highest BCUT2D eigenvalue weighted by molar-refractivity contribution is 7.89. The molecule has 0 fully saturated rings. The van der Waals surface area contributed by atoms with Crippen molar-refractivity contribution in [2.45, 2.75) is 24.8 Å². The van der Waals surface area contributed by atoms with Crippen LogP contribution in [0, 0.1) is 6.92 Å². The van der Waals surface area contributed by atoms with Crippen molar-refractivity contribution < 1.29 is 13.2 Å². The van der Waals surface area contributed by atoms with Crippen LogP contribution >= 0.6 is 22.7 Å². The van der Waals surface area contributed by atoms with E-state index in [4.69, 9.17) is 5.14 Å². The van der Waals surface area contributed by atoms with Crippen LogP contribution in [0.2, 0.25) is 0 Å². The lowest BCUT2D eigenvalue weighted by Crippen LogP contribution is -2.26. The van der Waals surface area contributed by atoms with Gasteiger partial charge in [-0.05, 0) is 43.0 Å². The lowest BCUT2D eigenvalue weighted by Gasteiger charge is -2.14. The second-order valence-corrected chi connectivity index (χ2v) is 9.23. The van der Waals surface area contributed by atoms with Crippen LogP contribution in [0.15, 0.2) is 46.7 Å². The van der Waals surface area contributed by atoms with Crippen LogP contribution in [-0.2, 0) is 10.0 Å². The monoisotopic (exact) mass is 407 g/mol. The van der Waals surface area contributed by atoms with Crippen LogP contribution in [-0.4, -0.2) is 19.3 Å². The van der Waals surface area contributed by atoms with Crippen LogP contribution in [0.5, 0.6) is 0 Å². The number of amides is 1. The second kappa shape index (κ2) is 7.28. The molecule has 1 amide bonds. The normalized spacial score (nSPS) is 12.7.